The van der Waals surface area contributed by atoms with Gasteiger partial charge in [-0.25, -0.2) is 0 Å². The maximum absolute atomic E-state index is 12.2. The van der Waals surface area contributed by atoms with E-state index in [2.05, 4.69) is 5.32 Å². The Kier molecular flexibility index (Phi) is 4.39. The Morgan fingerprint density at radius 2 is 2.16 bits per heavy atom. The first-order chi connectivity index (χ1) is 9.06. The van der Waals surface area contributed by atoms with E-state index >= 15 is 0 Å². The van der Waals surface area contributed by atoms with Gasteiger partial charge in [0.25, 0.3) is 0 Å². The molecule has 6 nitrogen and oxygen atoms in total. The molecular weight excluding hydrogens is 248 g/mol. The second-order valence-electron chi connectivity index (χ2n) is 5.38. The number of piperidine rings is 1. The third kappa shape index (κ3) is 3.68. The molecule has 0 aromatic heterocycles. The van der Waals surface area contributed by atoms with Crippen LogP contribution in [-0.2, 0) is 14.4 Å². The van der Waals surface area contributed by atoms with E-state index in [1.54, 1.807) is 4.90 Å². The number of likely N-dealkylation sites (tertiary alicyclic amines) is 1. The number of carboxylic acid groups (broad SMARTS) is 1. The van der Waals surface area contributed by atoms with E-state index in [-0.39, 0.29) is 30.2 Å². The van der Waals surface area contributed by atoms with Crippen molar-refractivity contribution >= 4 is 17.8 Å². The maximum Gasteiger partial charge on any atom is 0.303 e. The van der Waals surface area contributed by atoms with Gasteiger partial charge in [0, 0.05) is 25.9 Å². The molecule has 2 N–H and O–H groups in total. The summed E-state index contributed by atoms with van der Waals surface area (Å²) in [5.41, 5.74) is 0. The number of nitrogens with zero attached hydrogens (tertiary/aromatic N) is 1. The first kappa shape index (κ1) is 13.8. The highest BCUT2D eigenvalue weighted by atomic mass is 16.4. The number of carbonyl (C=O) groups is 3. The van der Waals surface area contributed by atoms with Gasteiger partial charge in [-0.05, 0) is 31.6 Å². The molecule has 19 heavy (non-hydrogen) atoms. The number of carboxylic acids is 1. The van der Waals surface area contributed by atoms with Gasteiger partial charge in [-0.15, -0.1) is 0 Å². The van der Waals surface area contributed by atoms with Crippen LogP contribution in [0.3, 0.4) is 0 Å². The Morgan fingerprint density at radius 3 is 2.79 bits per heavy atom. The van der Waals surface area contributed by atoms with Crippen LogP contribution >= 0.6 is 0 Å². The van der Waals surface area contributed by atoms with Crippen molar-refractivity contribution in [3.05, 3.63) is 0 Å². The van der Waals surface area contributed by atoms with E-state index < -0.39 is 5.97 Å². The predicted octanol–water partition coefficient (Wildman–Crippen LogP) is 0.368. The summed E-state index contributed by atoms with van der Waals surface area (Å²) in [4.78, 5) is 35.7. The lowest BCUT2D eigenvalue weighted by atomic mass is 9.93. The predicted molar refractivity (Wildman–Crippen MR) is 67.3 cm³/mol. The summed E-state index contributed by atoms with van der Waals surface area (Å²) in [5, 5.41) is 11.4. The van der Waals surface area contributed by atoms with E-state index in [1.807, 2.05) is 0 Å². The molecule has 106 valence electrons. The number of amides is 2. The summed E-state index contributed by atoms with van der Waals surface area (Å²) >= 11 is 0. The largest absolute Gasteiger partial charge is 0.481 e. The van der Waals surface area contributed by atoms with Crippen LogP contribution in [0.2, 0.25) is 0 Å². The first-order valence-corrected chi connectivity index (χ1v) is 6.86. The molecule has 0 saturated carbocycles. The van der Waals surface area contributed by atoms with Crippen molar-refractivity contribution < 1.29 is 19.5 Å². The monoisotopic (exact) mass is 268 g/mol. The third-order valence-corrected chi connectivity index (χ3v) is 3.89. The zero-order valence-corrected chi connectivity index (χ0v) is 10.9. The van der Waals surface area contributed by atoms with Crippen molar-refractivity contribution in [2.45, 2.75) is 44.6 Å². The van der Waals surface area contributed by atoms with Crippen LogP contribution in [0, 0.1) is 5.92 Å². The normalized spacial score (nSPS) is 27.2. The second kappa shape index (κ2) is 6.04. The van der Waals surface area contributed by atoms with Crippen LogP contribution in [-0.4, -0.2) is 46.9 Å². The van der Waals surface area contributed by atoms with Gasteiger partial charge in [-0.3, -0.25) is 14.4 Å². The molecule has 2 rings (SSSR count). The topological polar surface area (TPSA) is 86.7 Å². The molecule has 0 aromatic carbocycles. The van der Waals surface area contributed by atoms with E-state index in [1.165, 1.54) is 0 Å². The zero-order valence-electron chi connectivity index (χ0n) is 10.9. The summed E-state index contributed by atoms with van der Waals surface area (Å²) in [5.74, 6) is -0.582. The SMILES string of the molecule is O=C(O)CCC1CCCN(C(=O)C2CCC(=O)N2)C1. The lowest BCUT2D eigenvalue weighted by Crippen LogP contribution is -2.48. The number of carbonyl (C=O) groups excluding carboxylic acids is 2. The average molecular weight is 268 g/mol. The summed E-state index contributed by atoms with van der Waals surface area (Å²) in [7, 11) is 0. The number of rotatable bonds is 4. The molecule has 0 aliphatic carbocycles. The molecule has 2 amide bonds. The standard InChI is InChI=1S/C13H20N2O4/c16-11-5-4-10(14-11)13(19)15-7-1-2-9(8-15)3-6-12(17)18/h9-10H,1-8H2,(H,14,16)(H,17,18). The minimum Gasteiger partial charge on any atom is -0.481 e. The Bertz CT molecular complexity index is 383. The van der Waals surface area contributed by atoms with Gasteiger partial charge in [0.1, 0.15) is 6.04 Å². The highest BCUT2D eigenvalue weighted by Crippen LogP contribution is 2.22. The Balaban J connectivity index is 1.84. The molecule has 2 aliphatic heterocycles. The van der Waals surface area contributed by atoms with Gasteiger partial charge < -0.3 is 15.3 Å². The minimum absolute atomic E-state index is 0.00845. The van der Waals surface area contributed by atoms with Crippen LogP contribution in [0.25, 0.3) is 0 Å². The minimum atomic E-state index is -0.786. The summed E-state index contributed by atoms with van der Waals surface area (Å²) in [6.07, 6.45) is 3.68. The molecule has 6 heteroatoms. The van der Waals surface area contributed by atoms with Gasteiger partial charge in [-0.1, -0.05) is 0 Å². The highest BCUT2D eigenvalue weighted by Gasteiger charge is 2.33. The van der Waals surface area contributed by atoms with Crippen molar-refractivity contribution in [3.63, 3.8) is 0 Å². The van der Waals surface area contributed by atoms with Gasteiger partial charge in [0.15, 0.2) is 0 Å². The quantitative estimate of drug-likeness (QED) is 0.771. The van der Waals surface area contributed by atoms with Crippen molar-refractivity contribution in [2.24, 2.45) is 5.92 Å². The Labute approximate surface area is 112 Å². The molecular formula is C13H20N2O4. The number of aliphatic carboxylic acids is 1. The van der Waals surface area contributed by atoms with Gasteiger partial charge in [0.05, 0.1) is 0 Å². The van der Waals surface area contributed by atoms with E-state index in [4.69, 9.17) is 5.11 Å². The van der Waals surface area contributed by atoms with Crippen LogP contribution in [0.4, 0.5) is 0 Å². The van der Waals surface area contributed by atoms with Crippen molar-refractivity contribution in [1.82, 2.24) is 10.2 Å². The van der Waals surface area contributed by atoms with Gasteiger partial charge in [0.2, 0.25) is 11.8 Å². The van der Waals surface area contributed by atoms with Crippen LogP contribution in [0.5, 0.6) is 0 Å². The molecule has 2 unspecified atom stereocenters. The second-order valence-corrected chi connectivity index (χ2v) is 5.38. The lowest BCUT2D eigenvalue weighted by molar-refractivity contribution is -0.137. The summed E-state index contributed by atoms with van der Waals surface area (Å²) in [6.45, 7) is 1.34. The molecule has 0 aromatic rings. The molecule has 0 radical (unpaired) electrons. The van der Waals surface area contributed by atoms with Crippen LogP contribution in [0.1, 0.15) is 38.5 Å². The van der Waals surface area contributed by atoms with Crippen LogP contribution < -0.4 is 5.32 Å². The molecule has 2 aliphatic rings. The molecule has 2 heterocycles. The fourth-order valence-electron chi connectivity index (χ4n) is 2.85. The third-order valence-electron chi connectivity index (χ3n) is 3.89. The maximum atomic E-state index is 12.2. The molecule has 2 atom stereocenters. The highest BCUT2D eigenvalue weighted by molar-refractivity contribution is 5.90. The fraction of sp³-hybridized carbons (Fsp3) is 0.769. The lowest BCUT2D eigenvalue weighted by Gasteiger charge is -2.34. The van der Waals surface area contributed by atoms with Crippen LogP contribution in [0.15, 0.2) is 0 Å². The molecule has 0 spiro atoms. The summed E-state index contributed by atoms with van der Waals surface area (Å²) in [6, 6.07) is -0.370. The number of nitrogens with one attached hydrogen (secondary N) is 1. The van der Waals surface area contributed by atoms with Crippen molar-refractivity contribution in [2.75, 3.05) is 13.1 Å². The van der Waals surface area contributed by atoms with E-state index in [0.717, 1.165) is 19.4 Å². The molecule has 2 fully saturated rings. The molecule has 0 bridgehead atoms. The molecule has 2 saturated heterocycles. The van der Waals surface area contributed by atoms with E-state index in [9.17, 15) is 14.4 Å². The summed E-state index contributed by atoms with van der Waals surface area (Å²) < 4.78 is 0. The smallest absolute Gasteiger partial charge is 0.303 e. The number of hydrogen-bond acceptors (Lipinski definition) is 3. The Morgan fingerprint density at radius 1 is 1.37 bits per heavy atom. The fourth-order valence-corrected chi connectivity index (χ4v) is 2.85. The Hall–Kier alpha value is -1.59. The van der Waals surface area contributed by atoms with Crippen molar-refractivity contribution in [1.29, 1.82) is 0 Å². The van der Waals surface area contributed by atoms with Gasteiger partial charge in [-0.2, -0.15) is 0 Å². The zero-order chi connectivity index (χ0) is 13.8. The van der Waals surface area contributed by atoms with Crippen molar-refractivity contribution in [3.8, 4) is 0 Å². The first-order valence-electron chi connectivity index (χ1n) is 6.86. The van der Waals surface area contributed by atoms with E-state index in [0.29, 0.717) is 25.8 Å². The number of hydrogen-bond donors (Lipinski definition) is 2. The average Bonchev–Trinajstić information content (AvgIpc) is 2.82. The van der Waals surface area contributed by atoms with Gasteiger partial charge >= 0.3 is 5.97 Å².